The third kappa shape index (κ3) is 2.00. The zero-order valence-electron chi connectivity index (χ0n) is 13.8. The molecule has 6 rings (SSSR count). The van der Waals surface area contributed by atoms with Gasteiger partial charge in [0.25, 0.3) is 0 Å². The van der Waals surface area contributed by atoms with E-state index in [9.17, 15) is 0 Å². The van der Waals surface area contributed by atoms with Crippen LogP contribution in [0.15, 0.2) is 43.0 Å². The summed E-state index contributed by atoms with van der Waals surface area (Å²) in [7, 11) is 0. The van der Waals surface area contributed by atoms with E-state index in [-0.39, 0.29) is 0 Å². The Morgan fingerprint density at radius 2 is 2.04 bits per heavy atom. The molecule has 0 radical (unpaired) electrons. The fraction of sp³-hybridized carbons (Fsp3) is 0.316. The molecule has 6 heteroatoms. The van der Waals surface area contributed by atoms with Crippen LogP contribution in [0.1, 0.15) is 31.1 Å². The summed E-state index contributed by atoms with van der Waals surface area (Å²) in [6.45, 7) is 1.03. The Kier molecular flexibility index (Phi) is 2.58. The van der Waals surface area contributed by atoms with Gasteiger partial charge in [0, 0.05) is 43.3 Å². The summed E-state index contributed by atoms with van der Waals surface area (Å²) >= 11 is 0. The van der Waals surface area contributed by atoms with Crippen LogP contribution in [0, 0.1) is 0 Å². The smallest absolute Gasteiger partial charge is 0.136 e. The lowest BCUT2D eigenvalue weighted by molar-refractivity contribution is 0.643. The van der Waals surface area contributed by atoms with Gasteiger partial charge in [-0.1, -0.05) is 0 Å². The molecule has 1 aliphatic heterocycles. The van der Waals surface area contributed by atoms with Crippen LogP contribution in [-0.2, 0) is 13.0 Å². The van der Waals surface area contributed by atoms with E-state index in [1.54, 1.807) is 0 Å². The molecule has 5 heterocycles. The molecule has 6 nitrogen and oxygen atoms in total. The number of aryl methyl sites for hydroxylation is 1. The first kappa shape index (κ1) is 13.4. The Labute approximate surface area is 144 Å². The molecule has 0 aromatic carbocycles. The number of imidazole rings is 2. The van der Waals surface area contributed by atoms with Gasteiger partial charge in [-0.25, -0.2) is 9.97 Å². The fourth-order valence-electron chi connectivity index (χ4n) is 3.86. The summed E-state index contributed by atoms with van der Waals surface area (Å²) in [5, 5.41) is 4.82. The van der Waals surface area contributed by atoms with Crippen molar-refractivity contribution in [3.05, 3.63) is 48.8 Å². The molecule has 0 N–H and O–H groups in total. The van der Waals surface area contributed by atoms with Crippen molar-refractivity contribution in [2.45, 2.75) is 38.3 Å². The second kappa shape index (κ2) is 4.81. The summed E-state index contributed by atoms with van der Waals surface area (Å²) in [6.07, 6.45) is 12.8. The van der Waals surface area contributed by atoms with Gasteiger partial charge in [-0.3, -0.25) is 4.68 Å². The van der Waals surface area contributed by atoms with E-state index >= 15 is 0 Å². The van der Waals surface area contributed by atoms with E-state index in [2.05, 4.69) is 49.2 Å². The molecular formula is C19H18N6. The Morgan fingerprint density at radius 3 is 2.96 bits per heavy atom. The molecule has 1 aliphatic carbocycles. The van der Waals surface area contributed by atoms with Crippen molar-refractivity contribution in [3.8, 4) is 22.6 Å². The first-order valence-electron chi connectivity index (χ1n) is 8.95. The number of fused-ring (bicyclic) bond motifs is 2. The molecule has 25 heavy (non-hydrogen) atoms. The Balaban J connectivity index is 1.55. The number of aromatic nitrogens is 6. The lowest BCUT2D eigenvalue weighted by Gasteiger charge is -2.08. The predicted molar refractivity (Wildman–Crippen MR) is 94.2 cm³/mol. The average Bonchev–Trinajstić information content (AvgIpc) is 3.04. The van der Waals surface area contributed by atoms with Gasteiger partial charge in [-0.2, -0.15) is 5.10 Å². The topological polar surface area (TPSA) is 52.9 Å². The molecule has 0 unspecified atom stereocenters. The molecule has 1 fully saturated rings. The highest BCUT2D eigenvalue weighted by Gasteiger charge is 2.27. The molecule has 124 valence electrons. The third-order valence-corrected chi connectivity index (χ3v) is 5.26. The summed E-state index contributed by atoms with van der Waals surface area (Å²) in [5.41, 5.74) is 5.30. The zero-order valence-corrected chi connectivity index (χ0v) is 13.8. The van der Waals surface area contributed by atoms with Crippen LogP contribution in [0.25, 0.3) is 28.3 Å². The third-order valence-electron chi connectivity index (χ3n) is 5.26. The van der Waals surface area contributed by atoms with Crippen molar-refractivity contribution in [3.63, 3.8) is 0 Å². The molecular weight excluding hydrogens is 312 g/mol. The number of hydrogen-bond donors (Lipinski definition) is 0. The Hall–Kier alpha value is -2.89. The summed E-state index contributed by atoms with van der Waals surface area (Å²) in [6, 6.07) is 6.91. The minimum atomic E-state index is 0.592. The van der Waals surface area contributed by atoms with Crippen molar-refractivity contribution in [1.29, 1.82) is 0 Å². The maximum atomic E-state index is 4.96. The van der Waals surface area contributed by atoms with Crippen LogP contribution < -0.4 is 0 Å². The molecule has 0 spiro atoms. The normalized spacial score (nSPS) is 16.6. The summed E-state index contributed by atoms with van der Waals surface area (Å²) in [4.78, 5) is 9.31. The lowest BCUT2D eigenvalue weighted by atomic mass is 10.1. The molecule has 0 atom stereocenters. The van der Waals surface area contributed by atoms with Gasteiger partial charge in [0.05, 0.1) is 11.7 Å². The molecule has 0 bridgehead atoms. The van der Waals surface area contributed by atoms with E-state index < -0.39 is 0 Å². The largest absolute Gasteiger partial charge is 0.327 e. The molecule has 1 saturated carbocycles. The molecule has 4 aromatic rings. The van der Waals surface area contributed by atoms with Gasteiger partial charge < -0.3 is 8.97 Å². The van der Waals surface area contributed by atoms with E-state index in [1.807, 2.05) is 12.4 Å². The number of pyridine rings is 1. The van der Waals surface area contributed by atoms with Gasteiger partial charge in [0.15, 0.2) is 0 Å². The van der Waals surface area contributed by atoms with Crippen molar-refractivity contribution < 1.29 is 0 Å². The van der Waals surface area contributed by atoms with Gasteiger partial charge in [-0.15, -0.1) is 0 Å². The monoisotopic (exact) mass is 330 g/mol. The maximum absolute atomic E-state index is 4.96. The van der Waals surface area contributed by atoms with Crippen LogP contribution in [0.3, 0.4) is 0 Å². The summed E-state index contributed by atoms with van der Waals surface area (Å²) in [5.74, 6) is 1.18. The lowest BCUT2D eigenvalue weighted by Crippen LogP contribution is -1.98. The molecule has 4 aromatic heterocycles. The van der Waals surface area contributed by atoms with E-state index in [0.717, 1.165) is 30.0 Å². The first-order valence-corrected chi connectivity index (χ1v) is 8.95. The van der Waals surface area contributed by atoms with E-state index in [4.69, 9.17) is 10.1 Å². The van der Waals surface area contributed by atoms with Crippen LogP contribution >= 0.6 is 0 Å². The van der Waals surface area contributed by atoms with Crippen LogP contribution in [0.4, 0.5) is 0 Å². The van der Waals surface area contributed by atoms with Crippen LogP contribution in [-0.4, -0.2) is 28.7 Å². The minimum Gasteiger partial charge on any atom is -0.327 e. The van der Waals surface area contributed by atoms with Crippen molar-refractivity contribution >= 4 is 5.65 Å². The van der Waals surface area contributed by atoms with Crippen molar-refractivity contribution in [2.24, 2.45) is 0 Å². The van der Waals surface area contributed by atoms with Crippen LogP contribution in [0.5, 0.6) is 0 Å². The fourth-order valence-corrected chi connectivity index (χ4v) is 3.86. The highest BCUT2D eigenvalue weighted by atomic mass is 15.3. The van der Waals surface area contributed by atoms with Crippen LogP contribution in [0.2, 0.25) is 0 Å². The second-order valence-electron chi connectivity index (χ2n) is 7.00. The van der Waals surface area contributed by atoms with Crippen molar-refractivity contribution in [2.75, 3.05) is 0 Å². The van der Waals surface area contributed by atoms with Gasteiger partial charge in [-0.05, 0) is 37.5 Å². The zero-order chi connectivity index (χ0) is 16.4. The molecule has 0 amide bonds. The highest BCUT2D eigenvalue weighted by molar-refractivity contribution is 5.77. The number of hydrogen-bond acceptors (Lipinski definition) is 3. The molecule has 2 aliphatic rings. The number of nitrogens with zero attached hydrogens (tertiary/aromatic N) is 6. The Bertz CT molecular complexity index is 1090. The quantitative estimate of drug-likeness (QED) is 0.579. The highest BCUT2D eigenvalue weighted by Crippen LogP contribution is 2.38. The van der Waals surface area contributed by atoms with Gasteiger partial charge in [0.1, 0.15) is 22.9 Å². The Morgan fingerprint density at radius 1 is 1.08 bits per heavy atom. The minimum absolute atomic E-state index is 0.592. The number of rotatable bonds is 3. The molecule has 0 saturated heterocycles. The summed E-state index contributed by atoms with van der Waals surface area (Å²) < 4.78 is 6.53. The van der Waals surface area contributed by atoms with Gasteiger partial charge in [0.2, 0.25) is 0 Å². The maximum Gasteiger partial charge on any atom is 0.136 e. The van der Waals surface area contributed by atoms with E-state index in [0.29, 0.717) is 6.04 Å². The standard InChI is InChI=1S/C19H18N6/c1-2-17-21-18(15-7-10-25(22-15)14-4-5-14)19(24(17)9-1)13-3-6-16-20-8-11-23(16)12-13/h3,6-8,10-12,14H,1-2,4-5,9H2. The van der Waals surface area contributed by atoms with Gasteiger partial charge >= 0.3 is 0 Å². The first-order chi connectivity index (χ1) is 12.4. The van der Waals surface area contributed by atoms with Crippen molar-refractivity contribution in [1.82, 2.24) is 28.7 Å². The predicted octanol–water partition coefficient (Wildman–Crippen LogP) is 3.34. The average molecular weight is 330 g/mol. The van der Waals surface area contributed by atoms with E-state index in [1.165, 1.54) is 36.3 Å². The SMILES string of the molecule is c1cn2cc(-c3c(-c4ccn(C5CC5)n4)nc4n3CCC4)ccc2n1. The second-order valence-corrected chi connectivity index (χ2v) is 7.00.